The smallest absolute Gasteiger partial charge is 0.135 e. The fourth-order valence-corrected chi connectivity index (χ4v) is 3.06. The molecule has 2 aromatic rings. The highest BCUT2D eigenvalue weighted by Crippen LogP contribution is 2.34. The second-order valence-corrected chi connectivity index (χ2v) is 6.41. The number of ether oxygens (including phenoxy) is 1. The molecule has 0 spiro atoms. The summed E-state index contributed by atoms with van der Waals surface area (Å²) in [6.45, 7) is 4.89. The SMILES string of the molecule is COc1cc(NCc2ccn(C(C)C)n2)c(Br)cc1Br. The van der Waals surface area contributed by atoms with Crippen LogP contribution >= 0.6 is 31.9 Å². The van der Waals surface area contributed by atoms with Gasteiger partial charge in [0, 0.05) is 22.8 Å². The Bertz CT molecular complexity index is 596. The zero-order valence-electron chi connectivity index (χ0n) is 11.7. The van der Waals surface area contributed by atoms with E-state index in [9.17, 15) is 0 Å². The van der Waals surface area contributed by atoms with Gasteiger partial charge in [-0.15, -0.1) is 0 Å². The van der Waals surface area contributed by atoms with E-state index in [1.54, 1.807) is 7.11 Å². The maximum absolute atomic E-state index is 5.30. The van der Waals surface area contributed by atoms with Gasteiger partial charge in [0.15, 0.2) is 0 Å². The van der Waals surface area contributed by atoms with Crippen LogP contribution in [0.2, 0.25) is 0 Å². The largest absolute Gasteiger partial charge is 0.495 e. The number of methoxy groups -OCH3 is 1. The van der Waals surface area contributed by atoms with Crippen molar-refractivity contribution >= 4 is 37.5 Å². The Balaban J connectivity index is 2.10. The lowest BCUT2D eigenvalue weighted by Crippen LogP contribution is -2.05. The van der Waals surface area contributed by atoms with Crippen LogP contribution in [0.15, 0.2) is 33.3 Å². The molecule has 0 bridgehead atoms. The Morgan fingerprint density at radius 1 is 1.30 bits per heavy atom. The van der Waals surface area contributed by atoms with Crippen molar-refractivity contribution in [3.05, 3.63) is 39.0 Å². The van der Waals surface area contributed by atoms with Crippen LogP contribution in [0.3, 0.4) is 0 Å². The summed E-state index contributed by atoms with van der Waals surface area (Å²) in [7, 11) is 1.65. The van der Waals surface area contributed by atoms with Crippen LogP contribution in [0.25, 0.3) is 0 Å². The quantitative estimate of drug-likeness (QED) is 0.793. The molecule has 1 N–H and O–H groups in total. The molecule has 0 amide bonds. The molecule has 108 valence electrons. The lowest BCUT2D eigenvalue weighted by Gasteiger charge is -2.11. The van der Waals surface area contributed by atoms with Gasteiger partial charge in [-0.2, -0.15) is 5.10 Å². The van der Waals surface area contributed by atoms with Crippen molar-refractivity contribution in [1.29, 1.82) is 0 Å². The van der Waals surface area contributed by atoms with Crippen LogP contribution in [-0.4, -0.2) is 16.9 Å². The third-order valence-electron chi connectivity index (χ3n) is 2.89. The third-order valence-corrected chi connectivity index (χ3v) is 4.17. The molecule has 1 heterocycles. The van der Waals surface area contributed by atoms with E-state index in [4.69, 9.17) is 4.74 Å². The lowest BCUT2D eigenvalue weighted by atomic mass is 10.3. The summed E-state index contributed by atoms with van der Waals surface area (Å²) in [4.78, 5) is 0. The maximum Gasteiger partial charge on any atom is 0.135 e. The number of anilines is 1. The molecule has 0 aliphatic carbocycles. The summed E-state index contributed by atoms with van der Waals surface area (Å²) in [5, 5.41) is 7.87. The summed E-state index contributed by atoms with van der Waals surface area (Å²) in [6.07, 6.45) is 2.00. The zero-order valence-corrected chi connectivity index (χ0v) is 14.8. The average molecular weight is 403 g/mol. The first-order chi connectivity index (χ1) is 9.51. The first-order valence-electron chi connectivity index (χ1n) is 6.32. The molecule has 0 unspecified atom stereocenters. The Hall–Kier alpha value is -1.01. The van der Waals surface area contributed by atoms with Gasteiger partial charge in [-0.3, -0.25) is 4.68 Å². The van der Waals surface area contributed by atoms with Crippen LogP contribution in [0.1, 0.15) is 25.6 Å². The van der Waals surface area contributed by atoms with Gasteiger partial charge in [-0.05, 0) is 57.8 Å². The monoisotopic (exact) mass is 401 g/mol. The van der Waals surface area contributed by atoms with Gasteiger partial charge in [0.1, 0.15) is 5.75 Å². The van der Waals surface area contributed by atoms with Crippen LogP contribution in [0.5, 0.6) is 5.75 Å². The highest BCUT2D eigenvalue weighted by atomic mass is 79.9. The molecular weight excluding hydrogens is 386 g/mol. The predicted octanol–water partition coefficient (Wildman–Crippen LogP) is 4.61. The van der Waals surface area contributed by atoms with E-state index in [0.717, 1.165) is 26.1 Å². The zero-order chi connectivity index (χ0) is 14.7. The lowest BCUT2D eigenvalue weighted by molar-refractivity contribution is 0.412. The first-order valence-corrected chi connectivity index (χ1v) is 7.90. The molecular formula is C14H17Br2N3O. The van der Waals surface area contributed by atoms with Crippen molar-refractivity contribution < 1.29 is 4.74 Å². The molecule has 4 nitrogen and oxygen atoms in total. The number of hydrogen-bond donors (Lipinski definition) is 1. The molecule has 2 rings (SSSR count). The van der Waals surface area contributed by atoms with E-state index < -0.39 is 0 Å². The minimum atomic E-state index is 0.378. The van der Waals surface area contributed by atoms with E-state index in [1.807, 2.05) is 29.1 Å². The summed E-state index contributed by atoms with van der Waals surface area (Å²) in [6, 6.07) is 6.32. The molecule has 0 radical (unpaired) electrons. The Morgan fingerprint density at radius 3 is 2.65 bits per heavy atom. The molecule has 0 fully saturated rings. The molecule has 0 atom stereocenters. The van der Waals surface area contributed by atoms with E-state index in [1.165, 1.54) is 0 Å². The molecule has 0 aliphatic rings. The van der Waals surface area contributed by atoms with Crippen LogP contribution < -0.4 is 10.1 Å². The molecule has 0 aliphatic heterocycles. The van der Waals surface area contributed by atoms with Gasteiger partial charge in [0.05, 0.1) is 29.5 Å². The number of hydrogen-bond acceptors (Lipinski definition) is 3. The number of nitrogens with one attached hydrogen (secondary N) is 1. The van der Waals surface area contributed by atoms with Gasteiger partial charge in [0.2, 0.25) is 0 Å². The minimum absolute atomic E-state index is 0.378. The van der Waals surface area contributed by atoms with Crippen molar-refractivity contribution in [1.82, 2.24) is 9.78 Å². The standard InChI is InChI=1S/C14H17Br2N3O/c1-9(2)19-5-4-10(18-19)8-17-13-7-14(20-3)12(16)6-11(13)15/h4-7,9,17H,8H2,1-3H3. The summed E-state index contributed by atoms with van der Waals surface area (Å²) < 4.78 is 9.15. The van der Waals surface area contributed by atoms with Gasteiger partial charge >= 0.3 is 0 Å². The Kier molecular flexibility index (Phi) is 5.10. The van der Waals surface area contributed by atoms with E-state index >= 15 is 0 Å². The molecule has 0 saturated heterocycles. The Labute approximate surface area is 135 Å². The summed E-state index contributed by atoms with van der Waals surface area (Å²) >= 11 is 7.00. The predicted molar refractivity (Wildman–Crippen MR) is 88.3 cm³/mol. The minimum Gasteiger partial charge on any atom is -0.495 e. The van der Waals surface area contributed by atoms with E-state index in [-0.39, 0.29) is 0 Å². The number of benzene rings is 1. The number of halogens is 2. The highest BCUT2D eigenvalue weighted by molar-refractivity contribution is 9.11. The van der Waals surface area contributed by atoms with Gasteiger partial charge in [0.25, 0.3) is 0 Å². The second kappa shape index (κ2) is 6.63. The molecule has 1 aromatic heterocycles. The topological polar surface area (TPSA) is 39.1 Å². The van der Waals surface area contributed by atoms with Gasteiger partial charge in [-0.1, -0.05) is 0 Å². The van der Waals surface area contributed by atoms with Crippen LogP contribution in [0, 0.1) is 0 Å². The van der Waals surface area contributed by atoms with Crippen molar-refractivity contribution in [2.75, 3.05) is 12.4 Å². The number of aromatic nitrogens is 2. The van der Waals surface area contributed by atoms with Crippen LogP contribution in [-0.2, 0) is 6.54 Å². The average Bonchev–Trinajstić information content (AvgIpc) is 2.87. The van der Waals surface area contributed by atoms with Crippen molar-refractivity contribution in [2.45, 2.75) is 26.4 Å². The van der Waals surface area contributed by atoms with E-state index in [0.29, 0.717) is 12.6 Å². The molecule has 20 heavy (non-hydrogen) atoms. The van der Waals surface area contributed by atoms with Gasteiger partial charge < -0.3 is 10.1 Å². The van der Waals surface area contributed by atoms with Crippen LogP contribution in [0.4, 0.5) is 5.69 Å². The fraction of sp³-hybridized carbons (Fsp3) is 0.357. The summed E-state index contributed by atoms with van der Waals surface area (Å²) in [5.41, 5.74) is 1.98. The number of rotatable bonds is 5. The second-order valence-electron chi connectivity index (χ2n) is 4.70. The molecule has 0 saturated carbocycles. The number of nitrogens with zero attached hydrogens (tertiary/aromatic N) is 2. The van der Waals surface area contributed by atoms with E-state index in [2.05, 4.69) is 56.1 Å². The van der Waals surface area contributed by atoms with Crippen molar-refractivity contribution in [3.8, 4) is 5.75 Å². The molecule has 1 aromatic carbocycles. The highest BCUT2D eigenvalue weighted by Gasteiger charge is 2.08. The summed E-state index contributed by atoms with van der Waals surface area (Å²) in [5.74, 6) is 0.795. The van der Waals surface area contributed by atoms with Crippen molar-refractivity contribution in [2.24, 2.45) is 0 Å². The molecule has 6 heteroatoms. The third kappa shape index (κ3) is 3.55. The first kappa shape index (κ1) is 15.4. The normalized spacial score (nSPS) is 10.9. The maximum atomic E-state index is 5.30. The van der Waals surface area contributed by atoms with Gasteiger partial charge in [-0.25, -0.2) is 0 Å². The van der Waals surface area contributed by atoms with Crippen molar-refractivity contribution in [3.63, 3.8) is 0 Å². The fourth-order valence-electron chi connectivity index (χ4n) is 1.77. The Morgan fingerprint density at radius 2 is 2.05 bits per heavy atom.